The van der Waals surface area contributed by atoms with Crippen molar-refractivity contribution in [3.63, 3.8) is 0 Å². The van der Waals surface area contributed by atoms with E-state index in [2.05, 4.69) is 14.7 Å². The number of nitrogens with one attached hydrogen (secondary N) is 1. The molecule has 1 heterocycles. The molecule has 0 aromatic carbocycles. The Bertz CT molecular complexity index is 335. The third-order valence-corrected chi connectivity index (χ3v) is 2.48. The zero-order valence-corrected chi connectivity index (χ0v) is 8.89. The van der Waals surface area contributed by atoms with Crippen LogP contribution in [-0.2, 0) is 4.79 Å². The summed E-state index contributed by atoms with van der Waals surface area (Å²) in [5.41, 5.74) is 9.93. The van der Waals surface area contributed by atoms with Crippen LogP contribution in [0.5, 0.6) is 0 Å². The Balaban J connectivity index is 2.52. The highest BCUT2D eigenvalue weighted by Gasteiger charge is 2.24. The molecule has 1 aromatic heterocycles. The van der Waals surface area contributed by atoms with Gasteiger partial charge in [-0.1, -0.05) is 0 Å². The van der Waals surface area contributed by atoms with E-state index in [1.54, 1.807) is 13.8 Å². The number of aromatic nitrogens is 2. The molecule has 0 saturated heterocycles. The number of nitrogens with two attached hydrogens (primary N) is 2. The minimum atomic E-state index is -0.611. The number of amides is 1. The Hall–Kier alpha value is -1.37. The van der Waals surface area contributed by atoms with Crippen molar-refractivity contribution in [3.8, 4) is 0 Å². The third-order valence-electron chi connectivity index (χ3n) is 1.79. The standard InChI is InChI=1S/C7H13N5OS/c1-7(2,4(8)13)3-10-6-11-5(9)12-14-6/h3H2,1-2H3,(H2,8,13)(H3,9,10,11,12). The largest absolute Gasteiger partial charge is 0.369 e. The Morgan fingerprint density at radius 1 is 1.64 bits per heavy atom. The minimum Gasteiger partial charge on any atom is -0.369 e. The maximum absolute atomic E-state index is 11.0. The molecule has 0 radical (unpaired) electrons. The highest BCUT2D eigenvalue weighted by molar-refractivity contribution is 7.09. The number of carbonyl (C=O) groups excluding carboxylic acids is 1. The summed E-state index contributed by atoms with van der Waals surface area (Å²) in [5, 5.41) is 3.55. The summed E-state index contributed by atoms with van der Waals surface area (Å²) < 4.78 is 3.79. The summed E-state index contributed by atoms with van der Waals surface area (Å²) in [6.45, 7) is 3.93. The van der Waals surface area contributed by atoms with Crippen LogP contribution in [0.25, 0.3) is 0 Å². The average molecular weight is 215 g/mol. The maximum atomic E-state index is 11.0. The summed E-state index contributed by atoms with van der Waals surface area (Å²) in [5.74, 6) is -0.128. The molecule has 1 rings (SSSR count). The molecular weight excluding hydrogens is 202 g/mol. The molecule has 0 atom stereocenters. The van der Waals surface area contributed by atoms with E-state index in [1.807, 2.05) is 0 Å². The van der Waals surface area contributed by atoms with Gasteiger partial charge in [-0.25, -0.2) is 0 Å². The monoisotopic (exact) mass is 215 g/mol. The van der Waals surface area contributed by atoms with Crippen molar-refractivity contribution < 1.29 is 4.79 Å². The molecule has 78 valence electrons. The first-order valence-electron chi connectivity index (χ1n) is 4.05. The molecule has 0 spiro atoms. The van der Waals surface area contributed by atoms with Gasteiger partial charge in [-0.05, 0) is 13.8 Å². The van der Waals surface area contributed by atoms with E-state index >= 15 is 0 Å². The van der Waals surface area contributed by atoms with Crippen molar-refractivity contribution in [1.29, 1.82) is 0 Å². The molecule has 0 unspecified atom stereocenters. The number of nitrogens with zero attached hydrogens (tertiary/aromatic N) is 2. The van der Waals surface area contributed by atoms with Crippen molar-refractivity contribution in [2.75, 3.05) is 17.6 Å². The lowest BCUT2D eigenvalue weighted by Gasteiger charge is -2.19. The van der Waals surface area contributed by atoms with E-state index < -0.39 is 5.41 Å². The van der Waals surface area contributed by atoms with Crippen LogP contribution in [0, 0.1) is 5.41 Å². The molecule has 1 amide bonds. The van der Waals surface area contributed by atoms with Crippen molar-refractivity contribution >= 4 is 28.5 Å². The van der Waals surface area contributed by atoms with Gasteiger partial charge in [0.1, 0.15) is 0 Å². The Labute approximate surface area is 85.9 Å². The van der Waals surface area contributed by atoms with Gasteiger partial charge in [0.15, 0.2) is 0 Å². The van der Waals surface area contributed by atoms with Gasteiger partial charge < -0.3 is 16.8 Å². The van der Waals surface area contributed by atoms with Crippen molar-refractivity contribution in [3.05, 3.63) is 0 Å². The molecule has 0 aliphatic rings. The fourth-order valence-corrected chi connectivity index (χ4v) is 1.18. The summed E-state index contributed by atoms with van der Waals surface area (Å²) >= 11 is 1.15. The molecule has 14 heavy (non-hydrogen) atoms. The number of anilines is 2. The van der Waals surface area contributed by atoms with Gasteiger partial charge in [0, 0.05) is 18.1 Å². The zero-order valence-electron chi connectivity index (χ0n) is 8.07. The molecule has 1 aromatic rings. The Kier molecular flexibility index (Phi) is 2.90. The van der Waals surface area contributed by atoms with Crippen LogP contribution in [0.1, 0.15) is 13.8 Å². The van der Waals surface area contributed by atoms with Crippen LogP contribution in [0.3, 0.4) is 0 Å². The normalized spacial score (nSPS) is 11.3. The topological polar surface area (TPSA) is 107 Å². The first kappa shape index (κ1) is 10.7. The molecule has 0 bridgehead atoms. The smallest absolute Gasteiger partial charge is 0.233 e. The second kappa shape index (κ2) is 3.79. The van der Waals surface area contributed by atoms with Crippen LogP contribution >= 0.6 is 11.5 Å². The van der Waals surface area contributed by atoms with Crippen LogP contribution in [0.4, 0.5) is 11.1 Å². The van der Waals surface area contributed by atoms with E-state index in [0.717, 1.165) is 11.5 Å². The third kappa shape index (κ3) is 2.56. The molecule has 0 fully saturated rings. The highest BCUT2D eigenvalue weighted by Crippen LogP contribution is 2.17. The first-order valence-corrected chi connectivity index (χ1v) is 4.82. The fraction of sp³-hybridized carbons (Fsp3) is 0.571. The first-order chi connectivity index (χ1) is 6.42. The number of primary amides is 1. The quantitative estimate of drug-likeness (QED) is 0.657. The summed E-state index contributed by atoms with van der Waals surface area (Å²) in [6, 6.07) is 0. The molecule has 0 aliphatic carbocycles. The van der Waals surface area contributed by atoms with E-state index in [1.165, 1.54) is 0 Å². The van der Waals surface area contributed by atoms with Crippen LogP contribution < -0.4 is 16.8 Å². The molecular formula is C7H13N5OS. The second-order valence-electron chi connectivity index (χ2n) is 3.56. The van der Waals surface area contributed by atoms with Gasteiger partial charge >= 0.3 is 0 Å². The van der Waals surface area contributed by atoms with Gasteiger partial charge in [-0.15, -0.1) is 0 Å². The number of carbonyl (C=O) groups is 1. The molecule has 0 aliphatic heterocycles. The van der Waals surface area contributed by atoms with Crippen molar-refractivity contribution in [1.82, 2.24) is 9.36 Å². The van der Waals surface area contributed by atoms with Crippen LogP contribution in [0.2, 0.25) is 0 Å². The van der Waals surface area contributed by atoms with Gasteiger partial charge in [-0.3, -0.25) is 4.79 Å². The van der Waals surface area contributed by atoms with Crippen LogP contribution in [-0.4, -0.2) is 21.8 Å². The number of nitrogen functional groups attached to an aromatic ring is 1. The summed E-state index contributed by atoms with van der Waals surface area (Å²) in [6.07, 6.45) is 0. The summed E-state index contributed by atoms with van der Waals surface area (Å²) in [4.78, 5) is 14.9. The summed E-state index contributed by atoms with van der Waals surface area (Å²) in [7, 11) is 0. The maximum Gasteiger partial charge on any atom is 0.233 e. The molecule has 5 N–H and O–H groups in total. The minimum absolute atomic E-state index is 0.231. The SMILES string of the molecule is CC(C)(CNc1nc(N)ns1)C(N)=O. The van der Waals surface area contributed by atoms with E-state index in [-0.39, 0.29) is 11.9 Å². The predicted molar refractivity (Wildman–Crippen MR) is 55.8 cm³/mol. The van der Waals surface area contributed by atoms with E-state index in [4.69, 9.17) is 11.5 Å². The lowest BCUT2D eigenvalue weighted by Crippen LogP contribution is -2.37. The molecule has 7 heteroatoms. The van der Waals surface area contributed by atoms with Crippen LogP contribution in [0.15, 0.2) is 0 Å². The van der Waals surface area contributed by atoms with Gasteiger partial charge in [0.2, 0.25) is 17.0 Å². The van der Waals surface area contributed by atoms with E-state index in [9.17, 15) is 4.79 Å². The molecule has 6 nitrogen and oxygen atoms in total. The van der Waals surface area contributed by atoms with Gasteiger partial charge in [0.25, 0.3) is 0 Å². The van der Waals surface area contributed by atoms with Gasteiger partial charge in [-0.2, -0.15) is 9.36 Å². The van der Waals surface area contributed by atoms with Crippen molar-refractivity contribution in [2.45, 2.75) is 13.8 Å². The second-order valence-corrected chi connectivity index (χ2v) is 4.31. The van der Waals surface area contributed by atoms with Gasteiger partial charge in [0.05, 0.1) is 5.41 Å². The number of hydrogen-bond donors (Lipinski definition) is 3. The fourth-order valence-electron chi connectivity index (χ4n) is 0.690. The molecule has 0 saturated carbocycles. The lowest BCUT2D eigenvalue weighted by atomic mass is 9.93. The van der Waals surface area contributed by atoms with Crippen molar-refractivity contribution in [2.24, 2.45) is 11.1 Å². The highest BCUT2D eigenvalue weighted by atomic mass is 32.1. The Morgan fingerprint density at radius 2 is 2.29 bits per heavy atom. The number of hydrogen-bond acceptors (Lipinski definition) is 6. The zero-order chi connectivity index (χ0) is 10.8. The predicted octanol–water partition coefficient (Wildman–Crippen LogP) is 0.0437. The van der Waals surface area contributed by atoms with E-state index in [0.29, 0.717) is 11.7 Å². The lowest BCUT2D eigenvalue weighted by molar-refractivity contribution is -0.125. The number of rotatable bonds is 4. The Morgan fingerprint density at radius 3 is 2.71 bits per heavy atom. The average Bonchev–Trinajstić information content (AvgIpc) is 2.48.